The molecule has 2 heteroatoms. The van der Waals surface area contributed by atoms with Crippen LogP contribution in [0.1, 0.15) is 19.8 Å². The molecule has 2 nitrogen and oxygen atoms in total. The average Bonchev–Trinajstić information content (AvgIpc) is 2.14. The van der Waals surface area contributed by atoms with E-state index in [0.29, 0.717) is 18.8 Å². The molecule has 0 aliphatic heterocycles. The highest BCUT2D eigenvalue weighted by Crippen LogP contribution is 2.26. The third-order valence-corrected chi connectivity index (χ3v) is 2.00. The van der Waals surface area contributed by atoms with Crippen molar-refractivity contribution in [2.24, 2.45) is 5.92 Å². The molecule has 1 rings (SSSR count). The normalized spacial score (nSPS) is 35.9. The Bertz CT molecular complexity index is 121. The van der Waals surface area contributed by atoms with Crippen LogP contribution in [0.15, 0.2) is 12.2 Å². The van der Waals surface area contributed by atoms with Crippen molar-refractivity contribution in [2.75, 3.05) is 0 Å². The summed E-state index contributed by atoms with van der Waals surface area (Å²) in [5, 5.41) is 18.2. The maximum atomic E-state index is 9.11. The first-order valence-electron chi connectivity index (χ1n) is 3.73. The molecule has 2 atom stereocenters. The largest absolute Gasteiger partial charge is 0.390 e. The summed E-state index contributed by atoms with van der Waals surface area (Å²) in [6.07, 6.45) is 4.44. The van der Waals surface area contributed by atoms with Gasteiger partial charge in [-0.25, -0.2) is 0 Å². The molecule has 0 saturated heterocycles. The Balaban J connectivity index is 2.41. The molecule has 0 aromatic rings. The van der Waals surface area contributed by atoms with Gasteiger partial charge in [-0.2, -0.15) is 0 Å². The first-order chi connectivity index (χ1) is 4.74. The first kappa shape index (κ1) is 7.76. The van der Waals surface area contributed by atoms with Gasteiger partial charge in [0.15, 0.2) is 0 Å². The Morgan fingerprint density at radius 1 is 1.20 bits per heavy atom. The summed E-state index contributed by atoms with van der Waals surface area (Å²) < 4.78 is 0. The van der Waals surface area contributed by atoms with E-state index < -0.39 is 12.2 Å². The van der Waals surface area contributed by atoms with Gasteiger partial charge in [-0.05, 0) is 25.7 Å². The second-order valence-electron chi connectivity index (χ2n) is 2.89. The minimum absolute atomic E-state index is 0.384. The van der Waals surface area contributed by atoms with Gasteiger partial charge in [-0.15, -0.1) is 0 Å². The zero-order valence-corrected chi connectivity index (χ0v) is 6.20. The van der Waals surface area contributed by atoms with Crippen LogP contribution in [0.3, 0.4) is 0 Å². The van der Waals surface area contributed by atoms with Crippen molar-refractivity contribution < 1.29 is 10.2 Å². The Kier molecular flexibility index (Phi) is 2.46. The summed E-state index contributed by atoms with van der Waals surface area (Å²) in [6, 6.07) is 0. The number of aliphatic hydroxyl groups is 2. The minimum Gasteiger partial charge on any atom is -0.390 e. The highest BCUT2D eigenvalue weighted by molar-refractivity contribution is 4.94. The van der Waals surface area contributed by atoms with Gasteiger partial charge in [-0.1, -0.05) is 12.2 Å². The molecule has 0 bridgehead atoms. The SMILES string of the molecule is C/C=C/C1C[C@H](O)[C@@H](O)C1. The van der Waals surface area contributed by atoms with Crippen molar-refractivity contribution in [3.05, 3.63) is 12.2 Å². The predicted molar refractivity (Wildman–Crippen MR) is 39.6 cm³/mol. The van der Waals surface area contributed by atoms with Crippen molar-refractivity contribution in [2.45, 2.75) is 32.0 Å². The maximum Gasteiger partial charge on any atom is 0.0805 e. The number of allylic oxidation sites excluding steroid dienone is 2. The Hall–Kier alpha value is -0.340. The highest BCUT2D eigenvalue weighted by atomic mass is 16.3. The third kappa shape index (κ3) is 1.58. The fraction of sp³-hybridized carbons (Fsp3) is 0.750. The van der Waals surface area contributed by atoms with Crippen LogP contribution < -0.4 is 0 Å². The van der Waals surface area contributed by atoms with Crippen LogP contribution in [0, 0.1) is 5.92 Å². The van der Waals surface area contributed by atoms with Crippen LogP contribution in [-0.4, -0.2) is 22.4 Å². The smallest absolute Gasteiger partial charge is 0.0805 e. The quantitative estimate of drug-likeness (QED) is 0.529. The van der Waals surface area contributed by atoms with Crippen LogP contribution in [0.4, 0.5) is 0 Å². The highest BCUT2D eigenvalue weighted by Gasteiger charge is 2.29. The summed E-state index contributed by atoms with van der Waals surface area (Å²) in [5.74, 6) is 0.384. The molecule has 0 radical (unpaired) electrons. The Labute approximate surface area is 61.2 Å². The first-order valence-corrected chi connectivity index (χ1v) is 3.73. The average molecular weight is 142 g/mol. The predicted octanol–water partition coefficient (Wildman–Crippen LogP) is 0.694. The van der Waals surface area contributed by atoms with E-state index in [2.05, 4.69) is 0 Å². The van der Waals surface area contributed by atoms with Crippen LogP contribution in [0.25, 0.3) is 0 Å². The van der Waals surface area contributed by atoms with Gasteiger partial charge >= 0.3 is 0 Å². The molecule has 0 aromatic carbocycles. The molecule has 0 spiro atoms. The van der Waals surface area contributed by atoms with E-state index in [4.69, 9.17) is 10.2 Å². The third-order valence-electron chi connectivity index (χ3n) is 2.00. The second-order valence-corrected chi connectivity index (χ2v) is 2.89. The number of hydrogen-bond donors (Lipinski definition) is 2. The van der Waals surface area contributed by atoms with E-state index in [0.717, 1.165) is 0 Å². The molecular weight excluding hydrogens is 128 g/mol. The van der Waals surface area contributed by atoms with Crippen LogP contribution >= 0.6 is 0 Å². The number of hydrogen-bond acceptors (Lipinski definition) is 2. The van der Waals surface area contributed by atoms with Gasteiger partial charge in [0.1, 0.15) is 0 Å². The van der Waals surface area contributed by atoms with Gasteiger partial charge < -0.3 is 10.2 Å². The molecule has 10 heavy (non-hydrogen) atoms. The van der Waals surface area contributed by atoms with Crippen molar-refractivity contribution in [3.8, 4) is 0 Å². The lowest BCUT2D eigenvalue weighted by molar-refractivity contribution is 0.0438. The summed E-state index contributed by atoms with van der Waals surface area (Å²) in [5.41, 5.74) is 0. The van der Waals surface area contributed by atoms with E-state index in [1.165, 1.54) is 0 Å². The van der Waals surface area contributed by atoms with E-state index in [1.54, 1.807) is 0 Å². The molecule has 1 fully saturated rings. The fourth-order valence-electron chi connectivity index (χ4n) is 1.46. The van der Waals surface area contributed by atoms with Crippen molar-refractivity contribution in [1.82, 2.24) is 0 Å². The lowest BCUT2D eigenvalue weighted by Gasteiger charge is -2.03. The van der Waals surface area contributed by atoms with Crippen molar-refractivity contribution in [3.63, 3.8) is 0 Å². The maximum absolute atomic E-state index is 9.11. The second kappa shape index (κ2) is 3.17. The number of aliphatic hydroxyl groups excluding tert-OH is 2. The van der Waals surface area contributed by atoms with Gasteiger partial charge in [-0.3, -0.25) is 0 Å². The lowest BCUT2D eigenvalue weighted by Crippen LogP contribution is -2.17. The summed E-state index contributed by atoms with van der Waals surface area (Å²) in [7, 11) is 0. The molecule has 58 valence electrons. The Morgan fingerprint density at radius 2 is 1.70 bits per heavy atom. The van der Waals surface area contributed by atoms with E-state index >= 15 is 0 Å². The van der Waals surface area contributed by atoms with Crippen LogP contribution in [0.2, 0.25) is 0 Å². The molecule has 0 unspecified atom stereocenters. The monoisotopic (exact) mass is 142 g/mol. The minimum atomic E-state index is -0.499. The summed E-state index contributed by atoms with van der Waals surface area (Å²) in [6.45, 7) is 1.96. The van der Waals surface area contributed by atoms with Crippen LogP contribution in [-0.2, 0) is 0 Å². The molecular formula is C8H14O2. The molecule has 1 saturated carbocycles. The van der Waals surface area contributed by atoms with Crippen molar-refractivity contribution >= 4 is 0 Å². The summed E-state index contributed by atoms with van der Waals surface area (Å²) in [4.78, 5) is 0. The van der Waals surface area contributed by atoms with E-state index in [9.17, 15) is 0 Å². The molecule has 1 aliphatic carbocycles. The number of rotatable bonds is 1. The van der Waals surface area contributed by atoms with E-state index in [1.807, 2.05) is 19.1 Å². The van der Waals surface area contributed by atoms with Gasteiger partial charge in [0.2, 0.25) is 0 Å². The fourth-order valence-corrected chi connectivity index (χ4v) is 1.46. The lowest BCUT2D eigenvalue weighted by atomic mass is 10.1. The molecule has 2 N–H and O–H groups in total. The molecule has 0 aromatic heterocycles. The topological polar surface area (TPSA) is 40.5 Å². The standard InChI is InChI=1S/C8H14O2/c1-2-3-6-4-7(9)8(10)5-6/h2-3,6-10H,4-5H2,1H3/b3-2+/t7-,8-/m0/s1. The van der Waals surface area contributed by atoms with Gasteiger partial charge in [0.25, 0.3) is 0 Å². The van der Waals surface area contributed by atoms with E-state index in [-0.39, 0.29) is 0 Å². The Morgan fingerprint density at radius 3 is 2.10 bits per heavy atom. The van der Waals surface area contributed by atoms with Gasteiger partial charge in [0.05, 0.1) is 12.2 Å². The van der Waals surface area contributed by atoms with Crippen LogP contribution in [0.5, 0.6) is 0 Å². The molecule has 0 amide bonds. The van der Waals surface area contributed by atoms with Gasteiger partial charge in [0, 0.05) is 0 Å². The summed E-state index contributed by atoms with van der Waals surface area (Å²) >= 11 is 0. The molecule has 1 aliphatic rings. The zero-order valence-electron chi connectivity index (χ0n) is 6.20. The zero-order chi connectivity index (χ0) is 7.56. The van der Waals surface area contributed by atoms with Crippen molar-refractivity contribution in [1.29, 1.82) is 0 Å². The molecule has 0 heterocycles.